The molecule has 0 radical (unpaired) electrons. The van der Waals surface area contributed by atoms with Crippen LogP contribution in [-0.2, 0) is 0 Å². The predicted octanol–water partition coefficient (Wildman–Crippen LogP) is 2.34. The van der Waals surface area contributed by atoms with Gasteiger partial charge in [-0.3, -0.25) is 4.79 Å². The molecule has 0 spiro atoms. The Bertz CT molecular complexity index is 643. The number of phenolic OH excluding ortho intramolecular Hbond substituents is 1. The van der Waals surface area contributed by atoms with Crippen molar-refractivity contribution in [2.24, 2.45) is 0 Å². The summed E-state index contributed by atoms with van der Waals surface area (Å²) in [6.07, 6.45) is 2.53. The van der Waals surface area contributed by atoms with E-state index in [2.05, 4.69) is 9.88 Å². The van der Waals surface area contributed by atoms with E-state index in [9.17, 15) is 14.3 Å². The van der Waals surface area contributed by atoms with Crippen molar-refractivity contribution in [2.75, 3.05) is 31.1 Å². The number of carbonyl (C=O) groups is 1. The molecule has 0 bridgehead atoms. The molecule has 0 atom stereocenters. The molecular weight excluding hydrogens is 305 g/mol. The van der Waals surface area contributed by atoms with Crippen LogP contribution in [0, 0.1) is 5.82 Å². The fraction of sp³-hybridized carbons (Fsp3) is 0.333. The number of carbonyl (C=O) groups excluding carboxylic acids is 1. The molecule has 1 amide bonds. The van der Waals surface area contributed by atoms with Gasteiger partial charge in [0.25, 0.3) is 5.91 Å². The second kappa shape index (κ2) is 6.31. The van der Waals surface area contributed by atoms with Crippen LogP contribution in [0.15, 0.2) is 29.8 Å². The molecule has 3 rings (SSSR count). The summed E-state index contributed by atoms with van der Waals surface area (Å²) in [5.41, 5.74) is -0.245. The number of halogens is 1. The molecule has 1 fully saturated rings. The van der Waals surface area contributed by atoms with Crippen molar-refractivity contribution in [1.29, 1.82) is 0 Å². The Kier molecular flexibility index (Phi) is 4.24. The van der Waals surface area contributed by atoms with Gasteiger partial charge in [0, 0.05) is 37.8 Å². The van der Waals surface area contributed by atoms with E-state index >= 15 is 0 Å². The van der Waals surface area contributed by atoms with Gasteiger partial charge in [0.1, 0.15) is 17.1 Å². The first-order valence-corrected chi connectivity index (χ1v) is 7.96. The van der Waals surface area contributed by atoms with E-state index in [0.29, 0.717) is 19.6 Å². The van der Waals surface area contributed by atoms with Crippen LogP contribution in [0.3, 0.4) is 0 Å². The summed E-state index contributed by atoms with van der Waals surface area (Å²) in [7, 11) is 0. The molecule has 0 unspecified atom stereocenters. The molecule has 7 heteroatoms. The monoisotopic (exact) mass is 321 g/mol. The van der Waals surface area contributed by atoms with Crippen LogP contribution in [0.1, 0.15) is 16.8 Å². The zero-order chi connectivity index (χ0) is 15.5. The summed E-state index contributed by atoms with van der Waals surface area (Å²) in [5.74, 6) is -1.46. The first-order chi connectivity index (χ1) is 10.7. The van der Waals surface area contributed by atoms with Crippen molar-refractivity contribution in [2.45, 2.75) is 6.42 Å². The average molecular weight is 321 g/mol. The van der Waals surface area contributed by atoms with Crippen molar-refractivity contribution in [3.05, 3.63) is 41.2 Å². The first-order valence-electron chi connectivity index (χ1n) is 7.08. The molecule has 1 N–H and O–H groups in total. The molecule has 1 aliphatic rings. The number of nitrogens with zero attached hydrogens (tertiary/aromatic N) is 3. The number of hydrogen-bond donors (Lipinski definition) is 1. The summed E-state index contributed by atoms with van der Waals surface area (Å²) in [4.78, 5) is 20.5. The molecule has 1 saturated heterocycles. The third-order valence-corrected chi connectivity index (χ3v) is 4.51. The average Bonchev–Trinajstić information content (AvgIpc) is 2.91. The van der Waals surface area contributed by atoms with E-state index in [0.717, 1.165) is 18.1 Å². The highest BCUT2D eigenvalue weighted by molar-refractivity contribution is 7.13. The van der Waals surface area contributed by atoms with Crippen LogP contribution in [0.5, 0.6) is 5.75 Å². The molecule has 1 aromatic carbocycles. The van der Waals surface area contributed by atoms with Gasteiger partial charge in [-0.25, -0.2) is 9.37 Å². The third-order valence-electron chi connectivity index (χ3n) is 3.68. The van der Waals surface area contributed by atoms with Crippen LogP contribution < -0.4 is 4.90 Å². The van der Waals surface area contributed by atoms with Gasteiger partial charge in [-0.05, 0) is 18.6 Å². The molecule has 0 aliphatic carbocycles. The lowest BCUT2D eigenvalue weighted by molar-refractivity contribution is 0.0759. The summed E-state index contributed by atoms with van der Waals surface area (Å²) in [6, 6.07) is 3.90. The Morgan fingerprint density at radius 1 is 1.27 bits per heavy atom. The minimum Gasteiger partial charge on any atom is -0.507 e. The molecule has 116 valence electrons. The highest BCUT2D eigenvalue weighted by Crippen LogP contribution is 2.23. The minimum absolute atomic E-state index is 0.245. The zero-order valence-electron chi connectivity index (χ0n) is 11.9. The highest BCUT2D eigenvalue weighted by Gasteiger charge is 2.25. The number of phenols is 1. The number of hydrogen-bond acceptors (Lipinski definition) is 5. The maximum absolute atomic E-state index is 13.8. The standard InChI is InChI=1S/C15H16FN3O2S/c16-11-3-1-4-12(20)13(11)14(21)18-6-2-7-19(9-8-18)15-17-5-10-22-15/h1,3-5,10,20H,2,6-9H2. The molecule has 22 heavy (non-hydrogen) atoms. The predicted molar refractivity (Wildman–Crippen MR) is 82.9 cm³/mol. The van der Waals surface area contributed by atoms with Crippen LogP contribution in [-0.4, -0.2) is 47.1 Å². The van der Waals surface area contributed by atoms with Crippen LogP contribution >= 0.6 is 11.3 Å². The zero-order valence-corrected chi connectivity index (χ0v) is 12.7. The number of benzene rings is 1. The van der Waals surface area contributed by atoms with E-state index in [1.165, 1.54) is 18.2 Å². The van der Waals surface area contributed by atoms with Gasteiger partial charge in [-0.1, -0.05) is 6.07 Å². The van der Waals surface area contributed by atoms with Crippen LogP contribution in [0.2, 0.25) is 0 Å². The minimum atomic E-state index is -0.689. The van der Waals surface area contributed by atoms with Gasteiger partial charge in [-0.15, -0.1) is 11.3 Å². The van der Waals surface area contributed by atoms with Gasteiger partial charge in [0.15, 0.2) is 5.13 Å². The normalized spacial score (nSPS) is 15.7. The smallest absolute Gasteiger partial charge is 0.260 e. The van der Waals surface area contributed by atoms with E-state index in [1.54, 1.807) is 22.4 Å². The Morgan fingerprint density at radius 3 is 2.86 bits per heavy atom. The maximum Gasteiger partial charge on any atom is 0.260 e. The lowest BCUT2D eigenvalue weighted by Gasteiger charge is -2.22. The Balaban J connectivity index is 1.74. The fourth-order valence-corrected chi connectivity index (χ4v) is 3.26. The largest absolute Gasteiger partial charge is 0.507 e. The Morgan fingerprint density at radius 2 is 2.14 bits per heavy atom. The van der Waals surface area contributed by atoms with Crippen molar-refractivity contribution >= 4 is 22.4 Å². The summed E-state index contributed by atoms with van der Waals surface area (Å²) in [5, 5.41) is 12.6. The van der Waals surface area contributed by atoms with Crippen molar-refractivity contribution in [1.82, 2.24) is 9.88 Å². The molecule has 2 heterocycles. The van der Waals surface area contributed by atoms with E-state index in [-0.39, 0.29) is 11.3 Å². The van der Waals surface area contributed by atoms with Gasteiger partial charge in [0.05, 0.1) is 0 Å². The van der Waals surface area contributed by atoms with Gasteiger partial charge < -0.3 is 14.9 Å². The first kappa shape index (κ1) is 14.8. The lowest BCUT2D eigenvalue weighted by atomic mass is 10.1. The number of aromatic nitrogens is 1. The van der Waals surface area contributed by atoms with Crippen molar-refractivity contribution in [3.8, 4) is 5.75 Å². The molecule has 1 aromatic heterocycles. The van der Waals surface area contributed by atoms with E-state index < -0.39 is 11.7 Å². The Labute approximate surface area is 131 Å². The third kappa shape index (κ3) is 2.89. The van der Waals surface area contributed by atoms with Gasteiger partial charge >= 0.3 is 0 Å². The topological polar surface area (TPSA) is 56.7 Å². The number of amides is 1. The molecule has 1 aliphatic heterocycles. The van der Waals surface area contributed by atoms with Crippen LogP contribution in [0.4, 0.5) is 9.52 Å². The molecular formula is C15H16FN3O2S. The summed E-state index contributed by atoms with van der Waals surface area (Å²) < 4.78 is 13.8. The molecule has 5 nitrogen and oxygen atoms in total. The van der Waals surface area contributed by atoms with Crippen molar-refractivity contribution < 1.29 is 14.3 Å². The van der Waals surface area contributed by atoms with Crippen molar-refractivity contribution in [3.63, 3.8) is 0 Å². The number of aromatic hydroxyl groups is 1. The fourth-order valence-electron chi connectivity index (χ4n) is 2.57. The SMILES string of the molecule is O=C(c1c(O)cccc1F)N1CCCN(c2nccs2)CC1. The highest BCUT2D eigenvalue weighted by atomic mass is 32.1. The molecule has 2 aromatic rings. The number of anilines is 1. The van der Waals surface area contributed by atoms with E-state index in [4.69, 9.17) is 0 Å². The summed E-state index contributed by atoms with van der Waals surface area (Å²) in [6.45, 7) is 2.47. The quantitative estimate of drug-likeness (QED) is 0.922. The van der Waals surface area contributed by atoms with Gasteiger partial charge in [0.2, 0.25) is 0 Å². The van der Waals surface area contributed by atoms with Gasteiger partial charge in [-0.2, -0.15) is 0 Å². The van der Waals surface area contributed by atoms with Crippen LogP contribution in [0.25, 0.3) is 0 Å². The number of thiazole rings is 1. The summed E-state index contributed by atoms with van der Waals surface area (Å²) >= 11 is 1.56. The lowest BCUT2D eigenvalue weighted by Crippen LogP contribution is -2.35. The maximum atomic E-state index is 13.8. The molecule has 0 saturated carbocycles. The Hall–Kier alpha value is -2.15. The second-order valence-electron chi connectivity index (χ2n) is 5.08. The number of rotatable bonds is 2. The van der Waals surface area contributed by atoms with E-state index in [1.807, 2.05) is 5.38 Å². The second-order valence-corrected chi connectivity index (χ2v) is 5.95.